The Labute approximate surface area is 124 Å². The van der Waals surface area contributed by atoms with E-state index in [1.54, 1.807) is 12.3 Å². The number of amides is 2. The summed E-state index contributed by atoms with van der Waals surface area (Å²) in [5.41, 5.74) is 5.76. The summed E-state index contributed by atoms with van der Waals surface area (Å²) >= 11 is 0. The molecule has 6 heteroatoms. The minimum atomic E-state index is -1.06. The van der Waals surface area contributed by atoms with E-state index in [4.69, 9.17) is 10.5 Å². The predicted molar refractivity (Wildman–Crippen MR) is 77.7 cm³/mol. The van der Waals surface area contributed by atoms with Crippen LogP contribution in [0.1, 0.15) is 35.8 Å². The molecule has 0 saturated carbocycles. The second-order valence-electron chi connectivity index (χ2n) is 5.25. The maximum absolute atomic E-state index is 12.8. The summed E-state index contributed by atoms with van der Waals surface area (Å²) in [6, 6.07) is 3.68. The Morgan fingerprint density at radius 2 is 2.29 bits per heavy atom. The highest BCUT2D eigenvalue weighted by Gasteiger charge is 2.49. The minimum Gasteiger partial charge on any atom is -0.382 e. The highest BCUT2D eigenvalue weighted by atomic mass is 16.5. The first-order valence-electron chi connectivity index (χ1n) is 7.11. The van der Waals surface area contributed by atoms with E-state index in [0.29, 0.717) is 25.1 Å². The van der Waals surface area contributed by atoms with E-state index in [1.165, 1.54) is 12.0 Å². The first-order chi connectivity index (χ1) is 10.1. The van der Waals surface area contributed by atoms with Crippen LogP contribution >= 0.6 is 0 Å². The van der Waals surface area contributed by atoms with Gasteiger partial charge in [0, 0.05) is 19.9 Å². The Bertz CT molecular complexity index is 547. The molecule has 0 spiro atoms. The summed E-state index contributed by atoms with van der Waals surface area (Å²) in [7, 11) is 1.50. The molecular formula is C15H21N3O3. The van der Waals surface area contributed by atoms with Crippen molar-refractivity contribution >= 4 is 11.8 Å². The van der Waals surface area contributed by atoms with Crippen molar-refractivity contribution in [1.82, 2.24) is 9.88 Å². The van der Waals surface area contributed by atoms with Crippen LogP contribution in [0.4, 0.5) is 0 Å². The van der Waals surface area contributed by atoms with Crippen LogP contribution < -0.4 is 5.73 Å². The summed E-state index contributed by atoms with van der Waals surface area (Å²) < 4.78 is 5.15. The van der Waals surface area contributed by atoms with E-state index in [-0.39, 0.29) is 12.5 Å². The Morgan fingerprint density at radius 1 is 1.52 bits per heavy atom. The van der Waals surface area contributed by atoms with Gasteiger partial charge in [0.2, 0.25) is 5.91 Å². The number of hydrogen-bond donors (Lipinski definition) is 1. The first kappa shape index (κ1) is 15.4. The molecule has 2 rings (SSSR count). The highest BCUT2D eigenvalue weighted by molar-refractivity contribution is 5.99. The van der Waals surface area contributed by atoms with Gasteiger partial charge < -0.3 is 15.4 Å². The van der Waals surface area contributed by atoms with Crippen LogP contribution in [0.3, 0.4) is 0 Å². The van der Waals surface area contributed by atoms with Crippen molar-refractivity contribution in [2.24, 2.45) is 5.73 Å². The summed E-state index contributed by atoms with van der Waals surface area (Å²) in [6.45, 7) is 2.57. The van der Waals surface area contributed by atoms with Crippen LogP contribution in [0.5, 0.6) is 0 Å². The molecule has 1 saturated heterocycles. The third-order valence-electron chi connectivity index (χ3n) is 4.05. The molecule has 1 fully saturated rings. The lowest BCUT2D eigenvalue weighted by Crippen LogP contribution is -2.59. The van der Waals surface area contributed by atoms with Gasteiger partial charge in [0.05, 0.1) is 6.61 Å². The van der Waals surface area contributed by atoms with Crippen LogP contribution in [-0.4, -0.2) is 47.5 Å². The molecule has 1 aromatic heterocycles. The molecule has 114 valence electrons. The molecule has 0 aromatic carbocycles. The Kier molecular flexibility index (Phi) is 4.57. The van der Waals surface area contributed by atoms with Crippen LogP contribution in [-0.2, 0) is 16.0 Å². The molecule has 1 unspecified atom stereocenters. The average molecular weight is 291 g/mol. The Morgan fingerprint density at radius 3 is 2.90 bits per heavy atom. The van der Waals surface area contributed by atoms with E-state index >= 15 is 0 Å². The maximum Gasteiger partial charge on any atom is 0.273 e. The van der Waals surface area contributed by atoms with Gasteiger partial charge in [-0.05, 0) is 30.9 Å². The molecule has 2 N–H and O–H groups in total. The van der Waals surface area contributed by atoms with Crippen molar-refractivity contribution in [3.63, 3.8) is 0 Å². The van der Waals surface area contributed by atoms with Crippen molar-refractivity contribution in [1.29, 1.82) is 0 Å². The zero-order valence-corrected chi connectivity index (χ0v) is 12.5. The number of methoxy groups -OCH3 is 1. The SMILES string of the molecule is CCc1cccnc1C(=O)N1CCCC1(COC)C(N)=O. The maximum atomic E-state index is 12.8. The summed E-state index contributed by atoms with van der Waals surface area (Å²) in [6.07, 6.45) is 3.55. The highest BCUT2D eigenvalue weighted by Crippen LogP contribution is 2.31. The summed E-state index contributed by atoms with van der Waals surface area (Å²) in [4.78, 5) is 30.5. The van der Waals surface area contributed by atoms with Gasteiger partial charge in [0.15, 0.2) is 0 Å². The number of pyridine rings is 1. The third-order valence-corrected chi connectivity index (χ3v) is 4.05. The van der Waals surface area contributed by atoms with Crippen molar-refractivity contribution < 1.29 is 14.3 Å². The summed E-state index contributed by atoms with van der Waals surface area (Å²) in [5.74, 6) is -0.773. The lowest BCUT2D eigenvalue weighted by Gasteiger charge is -2.35. The fourth-order valence-electron chi connectivity index (χ4n) is 2.94. The molecular weight excluding hydrogens is 270 g/mol. The van der Waals surface area contributed by atoms with Gasteiger partial charge in [-0.15, -0.1) is 0 Å². The van der Waals surface area contributed by atoms with Gasteiger partial charge in [-0.25, -0.2) is 0 Å². The van der Waals surface area contributed by atoms with E-state index in [1.807, 2.05) is 13.0 Å². The molecule has 1 aromatic rings. The number of nitrogens with zero attached hydrogens (tertiary/aromatic N) is 2. The van der Waals surface area contributed by atoms with Crippen molar-refractivity contribution in [3.8, 4) is 0 Å². The van der Waals surface area contributed by atoms with E-state index in [9.17, 15) is 9.59 Å². The Balaban J connectivity index is 2.39. The first-order valence-corrected chi connectivity index (χ1v) is 7.11. The van der Waals surface area contributed by atoms with Gasteiger partial charge in [0.25, 0.3) is 5.91 Å². The molecule has 1 atom stereocenters. The van der Waals surface area contributed by atoms with Crippen LogP contribution in [0.2, 0.25) is 0 Å². The second-order valence-corrected chi connectivity index (χ2v) is 5.25. The molecule has 0 aliphatic carbocycles. The second kappa shape index (κ2) is 6.22. The normalized spacial score (nSPS) is 21.5. The molecule has 2 heterocycles. The number of rotatable bonds is 5. The largest absolute Gasteiger partial charge is 0.382 e. The lowest BCUT2D eigenvalue weighted by molar-refractivity contribution is -0.130. The number of carbonyl (C=O) groups excluding carboxylic acids is 2. The van der Waals surface area contributed by atoms with Gasteiger partial charge in [-0.3, -0.25) is 14.6 Å². The quantitative estimate of drug-likeness (QED) is 0.867. The van der Waals surface area contributed by atoms with Gasteiger partial charge in [-0.1, -0.05) is 13.0 Å². The zero-order chi connectivity index (χ0) is 15.5. The van der Waals surface area contributed by atoms with Gasteiger partial charge >= 0.3 is 0 Å². The smallest absolute Gasteiger partial charge is 0.273 e. The van der Waals surface area contributed by atoms with Crippen molar-refractivity contribution in [2.45, 2.75) is 31.7 Å². The topological polar surface area (TPSA) is 85.5 Å². The molecule has 0 radical (unpaired) electrons. The number of carbonyl (C=O) groups is 2. The monoisotopic (exact) mass is 291 g/mol. The number of ether oxygens (including phenoxy) is 1. The van der Waals surface area contributed by atoms with Crippen LogP contribution in [0.15, 0.2) is 18.3 Å². The van der Waals surface area contributed by atoms with E-state index < -0.39 is 11.4 Å². The molecule has 6 nitrogen and oxygen atoms in total. The molecule has 2 amide bonds. The van der Waals surface area contributed by atoms with Gasteiger partial charge in [-0.2, -0.15) is 0 Å². The number of hydrogen-bond acceptors (Lipinski definition) is 4. The predicted octanol–water partition coefficient (Wildman–Crippen LogP) is 0.750. The minimum absolute atomic E-state index is 0.113. The van der Waals surface area contributed by atoms with Gasteiger partial charge in [0.1, 0.15) is 11.2 Å². The van der Waals surface area contributed by atoms with Crippen molar-refractivity contribution in [2.75, 3.05) is 20.3 Å². The van der Waals surface area contributed by atoms with Crippen LogP contribution in [0, 0.1) is 0 Å². The number of aryl methyl sites for hydroxylation is 1. The third kappa shape index (κ3) is 2.63. The van der Waals surface area contributed by atoms with E-state index in [0.717, 1.165) is 12.0 Å². The number of likely N-dealkylation sites (tertiary alicyclic amines) is 1. The summed E-state index contributed by atoms with van der Waals surface area (Å²) in [5, 5.41) is 0. The fourth-order valence-corrected chi connectivity index (χ4v) is 2.94. The molecule has 1 aliphatic rings. The van der Waals surface area contributed by atoms with E-state index in [2.05, 4.69) is 4.98 Å². The van der Waals surface area contributed by atoms with Crippen molar-refractivity contribution in [3.05, 3.63) is 29.6 Å². The standard InChI is InChI=1S/C15H21N3O3/c1-3-11-6-4-8-17-12(11)13(19)18-9-5-7-15(18,10-21-2)14(16)20/h4,6,8H,3,5,7,9-10H2,1-2H3,(H2,16,20). The molecule has 0 bridgehead atoms. The average Bonchev–Trinajstić information content (AvgIpc) is 2.92. The number of nitrogens with two attached hydrogens (primary N) is 1. The fraction of sp³-hybridized carbons (Fsp3) is 0.533. The number of aromatic nitrogens is 1. The zero-order valence-electron chi connectivity index (χ0n) is 12.5. The Hall–Kier alpha value is -1.95. The molecule has 21 heavy (non-hydrogen) atoms. The number of primary amides is 1. The lowest BCUT2D eigenvalue weighted by atomic mass is 9.95. The molecule has 1 aliphatic heterocycles. The van der Waals surface area contributed by atoms with Crippen LogP contribution in [0.25, 0.3) is 0 Å².